The summed E-state index contributed by atoms with van der Waals surface area (Å²) in [6.07, 6.45) is 0. The van der Waals surface area contributed by atoms with Crippen LogP contribution in [-0.2, 0) is 0 Å². The quantitative estimate of drug-likeness (QED) is 0.433. The third kappa shape index (κ3) is 1.79. The van der Waals surface area contributed by atoms with E-state index in [9.17, 15) is 0 Å². The summed E-state index contributed by atoms with van der Waals surface area (Å²) in [5.74, 6) is 0. The van der Waals surface area contributed by atoms with Crippen molar-refractivity contribution < 1.29 is 0 Å². The molecule has 1 rings (SSSR count). The van der Waals surface area contributed by atoms with Crippen molar-refractivity contribution in [2.45, 2.75) is 11.7 Å². The lowest BCUT2D eigenvalue weighted by Crippen LogP contribution is -2.08. The Morgan fingerprint density at radius 3 is 2.22 bits per heavy atom. The second-order valence-electron chi connectivity index (χ2n) is 2.02. The Morgan fingerprint density at radius 1 is 1.22 bits per heavy atom. The van der Waals surface area contributed by atoms with Gasteiger partial charge in [0.05, 0.1) is 0 Å². The van der Waals surface area contributed by atoms with Gasteiger partial charge in [0.2, 0.25) is 0 Å². The van der Waals surface area contributed by atoms with E-state index in [1.54, 1.807) is 0 Å². The molecular formula is C7H9BS. The largest absolute Gasteiger partial charge is 0.154 e. The minimum Gasteiger partial charge on any atom is -0.143 e. The molecule has 0 radical (unpaired) electrons. The van der Waals surface area contributed by atoms with Crippen molar-refractivity contribution in [3.05, 3.63) is 24.3 Å². The molecule has 0 aliphatic heterocycles. The third-order valence-corrected chi connectivity index (χ3v) is 1.64. The highest BCUT2D eigenvalue weighted by Crippen LogP contribution is 2.00. The molecule has 0 aliphatic rings. The maximum absolute atomic E-state index is 4.17. The van der Waals surface area contributed by atoms with Gasteiger partial charge in [0, 0.05) is 4.90 Å². The molecule has 0 saturated carbocycles. The van der Waals surface area contributed by atoms with Gasteiger partial charge in [-0.15, -0.1) is 12.6 Å². The first-order valence-electron chi connectivity index (χ1n) is 3.11. The first kappa shape index (κ1) is 6.75. The number of hydrogen-bond donors (Lipinski definition) is 1. The molecule has 0 amide bonds. The summed E-state index contributed by atoms with van der Waals surface area (Å²) in [6.45, 7) is 2.15. The zero-order valence-corrected chi connectivity index (χ0v) is 6.36. The number of thiol groups is 1. The molecule has 0 aromatic heterocycles. The summed E-state index contributed by atoms with van der Waals surface area (Å²) in [5, 5.41) is 0. The van der Waals surface area contributed by atoms with Gasteiger partial charge in [-0.25, -0.2) is 0 Å². The fraction of sp³-hybridized carbons (Fsp3) is 0.143. The van der Waals surface area contributed by atoms with Crippen LogP contribution in [0.15, 0.2) is 29.2 Å². The van der Waals surface area contributed by atoms with E-state index in [0.29, 0.717) is 0 Å². The molecule has 0 N–H and O–H groups in total. The average Bonchev–Trinajstić information content (AvgIpc) is 1.90. The first-order valence-corrected chi connectivity index (χ1v) is 3.55. The van der Waals surface area contributed by atoms with Crippen LogP contribution < -0.4 is 5.46 Å². The Balaban J connectivity index is 2.88. The van der Waals surface area contributed by atoms with E-state index in [1.165, 1.54) is 5.46 Å². The molecule has 0 unspecified atom stereocenters. The van der Waals surface area contributed by atoms with Gasteiger partial charge < -0.3 is 0 Å². The second kappa shape index (κ2) is 2.97. The highest BCUT2D eigenvalue weighted by molar-refractivity contribution is 7.80. The third-order valence-electron chi connectivity index (χ3n) is 1.34. The Kier molecular flexibility index (Phi) is 2.23. The molecule has 0 fully saturated rings. The summed E-state index contributed by atoms with van der Waals surface area (Å²) in [6, 6.07) is 8.23. The molecular weight excluding hydrogens is 127 g/mol. The fourth-order valence-corrected chi connectivity index (χ4v) is 0.881. The topological polar surface area (TPSA) is 0 Å². The van der Waals surface area contributed by atoms with E-state index in [1.807, 2.05) is 12.1 Å². The number of benzene rings is 1. The first-order chi connectivity index (χ1) is 4.33. The predicted molar refractivity (Wildman–Crippen MR) is 46.3 cm³/mol. The predicted octanol–water partition coefficient (Wildman–Crippen LogP) is 1.09. The molecule has 0 atom stereocenters. The zero-order valence-electron chi connectivity index (χ0n) is 5.46. The summed E-state index contributed by atoms with van der Waals surface area (Å²) in [7, 11) is 1.11. The Hall–Kier alpha value is -0.365. The molecule has 0 nitrogen and oxygen atoms in total. The molecule has 0 heterocycles. The lowest BCUT2D eigenvalue weighted by Gasteiger charge is -1.92. The lowest BCUT2D eigenvalue weighted by molar-refractivity contribution is 1.50. The van der Waals surface area contributed by atoms with Crippen LogP contribution in [0.3, 0.4) is 0 Å². The monoisotopic (exact) mass is 136 g/mol. The van der Waals surface area contributed by atoms with Crippen molar-refractivity contribution in [1.82, 2.24) is 0 Å². The minimum atomic E-state index is 1.03. The standard InChI is InChI=1S/C7H9BS/c1-8-6-2-4-7(9)5-3-6/h2-5,8-9H,1H3. The molecule has 1 aromatic rings. The van der Waals surface area contributed by atoms with Crippen LogP contribution in [0.4, 0.5) is 0 Å². The Morgan fingerprint density at radius 2 is 1.78 bits per heavy atom. The van der Waals surface area contributed by atoms with Gasteiger partial charge in [-0.3, -0.25) is 0 Å². The summed E-state index contributed by atoms with van der Waals surface area (Å²) >= 11 is 4.17. The van der Waals surface area contributed by atoms with Crippen LogP contribution in [0.5, 0.6) is 0 Å². The summed E-state index contributed by atoms with van der Waals surface area (Å²) in [5.41, 5.74) is 1.37. The van der Waals surface area contributed by atoms with Crippen LogP contribution in [0.25, 0.3) is 0 Å². The molecule has 0 saturated heterocycles. The van der Waals surface area contributed by atoms with Crippen molar-refractivity contribution in [1.29, 1.82) is 0 Å². The average molecular weight is 136 g/mol. The van der Waals surface area contributed by atoms with Crippen molar-refractivity contribution >= 4 is 25.4 Å². The van der Waals surface area contributed by atoms with E-state index in [4.69, 9.17) is 0 Å². The lowest BCUT2D eigenvalue weighted by atomic mass is 9.74. The van der Waals surface area contributed by atoms with E-state index in [0.717, 1.165) is 12.2 Å². The van der Waals surface area contributed by atoms with Crippen molar-refractivity contribution in [2.75, 3.05) is 0 Å². The van der Waals surface area contributed by atoms with Gasteiger partial charge in [-0.1, -0.05) is 24.4 Å². The maximum Gasteiger partial charge on any atom is 0.154 e. The van der Waals surface area contributed by atoms with E-state index in [-0.39, 0.29) is 0 Å². The van der Waals surface area contributed by atoms with Crippen LogP contribution in [-0.4, -0.2) is 7.28 Å². The number of hydrogen-bond acceptors (Lipinski definition) is 1. The molecule has 1 aromatic carbocycles. The van der Waals surface area contributed by atoms with Crippen LogP contribution >= 0.6 is 12.6 Å². The van der Waals surface area contributed by atoms with Gasteiger partial charge >= 0.3 is 0 Å². The van der Waals surface area contributed by atoms with Crippen LogP contribution in [0.1, 0.15) is 0 Å². The van der Waals surface area contributed by atoms with Crippen LogP contribution in [0, 0.1) is 0 Å². The summed E-state index contributed by atoms with van der Waals surface area (Å²) in [4.78, 5) is 1.03. The highest BCUT2D eigenvalue weighted by atomic mass is 32.1. The molecule has 46 valence electrons. The van der Waals surface area contributed by atoms with Crippen molar-refractivity contribution in [3.63, 3.8) is 0 Å². The molecule has 0 bridgehead atoms. The summed E-state index contributed by atoms with van der Waals surface area (Å²) < 4.78 is 0. The maximum atomic E-state index is 4.17. The Bertz CT molecular complexity index is 181. The molecule has 0 spiro atoms. The molecule has 2 heteroatoms. The SMILES string of the molecule is CBc1ccc(S)cc1. The zero-order chi connectivity index (χ0) is 6.69. The van der Waals surface area contributed by atoms with Crippen molar-refractivity contribution in [3.8, 4) is 0 Å². The van der Waals surface area contributed by atoms with Crippen LogP contribution in [0.2, 0.25) is 6.82 Å². The van der Waals surface area contributed by atoms with E-state index in [2.05, 4.69) is 31.6 Å². The van der Waals surface area contributed by atoms with Gasteiger partial charge in [-0.2, -0.15) is 0 Å². The smallest absolute Gasteiger partial charge is 0.143 e. The van der Waals surface area contributed by atoms with E-state index >= 15 is 0 Å². The van der Waals surface area contributed by atoms with E-state index < -0.39 is 0 Å². The highest BCUT2D eigenvalue weighted by Gasteiger charge is 1.86. The fourth-order valence-electron chi connectivity index (χ4n) is 0.732. The Labute approximate surface area is 61.9 Å². The van der Waals surface area contributed by atoms with Gasteiger partial charge in [0.25, 0.3) is 0 Å². The second-order valence-corrected chi connectivity index (χ2v) is 2.54. The van der Waals surface area contributed by atoms with Gasteiger partial charge in [0.15, 0.2) is 7.28 Å². The molecule has 0 aliphatic carbocycles. The minimum absolute atomic E-state index is 1.03. The molecule has 9 heavy (non-hydrogen) atoms. The van der Waals surface area contributed by atoms with Gasteiger partial charge in [-0.05, 0) is 12.1 Å². The number of rotatable bonds is 1. The van der Waals surface area contributed by atoms with Gasteiger partial charge in [0.1, 0.15) is 0 Å². The normalized spacial score (nSPS) is 9.11. The van der Waals surface area contributed by atoms with Crippen molar-refractivity contribution in [2.24, 2.45) is 0 Å².